The number of anilines is 1. The van der Waals surface area contributed by atoms with E-state index in [2.05, 4.69) is 43.1 Å². The van der Waals surface area contributed by atoms with E-state index in [0.29, 0.717) is 19.0 Å². The molecule has 20 heavy (non-hydrogen) atoms. The number of carbonyl (C=O) groups excluding carboxylic acids is 1. The summed E-state index contributed by atoms with van der Waals surface area (Å²) in [6, 6.07) is 8.22. The van der Waals surface area contributed by atoms with Crippen molar-refractivity contribution in [2.75, 3.05) is 31.1 Å². The van der Waals surface area contributed by atoms with Crippen molar-refractivity contribution in [1.29, 1.82) is 0 Å². The maximum atomic E-state index is 12.0. The van der Waals surface area contributed by atoms with E-state index >= 15 is 0 Å². The zero-order chi connectivity index (χ0) is 15.0. The van der Waals surface area contributed by atoms with Crippen LogP contribution in [0.3, 0.4) is 0 Å². The number of rotatable bonds is 8. The summed E-state index contributed by atoms with van der Waals surface area (Å²) < 4.78 is 0. The lowest BCUT2D eigenvalue weighted by Crippen LogP contribution is -2.39. The van der Waals surface area contributed by atoms with E-state index < -0.39 is 0 Å². The van der Waals surface area contributed by atoms with Crippen LogP contribution in [0.25, 0.3) is 0 Å². The van der Waals surface area contributed by atoms with Crippen LogP contribution in [0.1, 0.15) is 25.8 Å². The van der Waals surface area contributed by atoms with Gasteiger partial charge in [-0.3, -0.25) is 4.79 Å². The Kier molecular flexibility index (Phi) is 7.09. The summed E-state index contributed by atoms with van der Waals surface area (Å²) in [6.07, 6.45) is 0.880. The van der Waals surface area contributed by atoms with Gasteiger partial charge in [-0.25, -0.2) is 0 Å². The first kappa shape index (κ1) is 16.5. The normalized spacial score (nSPS) is 10.7. The number of nitrogens with two attached hydrogens (primary N) is 1. The third-order valence-electron chi connectivity index (χ3n) is 3.04. The molecular formula is C16H27N3O. The smallest absolute Gasteiger partial charge is 0.239 e. The van der Waals surface area contributed by atoms with E-state index in [9.17, 15) is 4.79 Å². The fourth-order valence-electron chi connectivity index (χ4n) is 1.95. The van der Waals surface area contributed by atoms with Gasteiger partial charge in [0.15, 0.2) is 0 Å². The molecule has 1 aromatic carbocycles. The Hall–Kier alpha value is -1.55. The molecule has 0 atom stereocenters. The summed E-state index contributed by atoms with van der Waals surface area (Å²) >= 11 is 0. The summed E-state index contributed by atoms with van der Waals surface area (Å²) in [7, 11) is 0. The molecule has 4 heteroatoms. The van der Waals surface area contributed by atoms with Crippen LogP contribution in [0.5, 0.6) is 0 Å². The molecule has 0 aromatic heterocycles. The number of hydrogen-bond donors (Lipinski definition) is 2. The fourth-order valence-corrected chi connectivity index (χ4v) is 1.95. The van der Waals surface area contributed by atoms with Gasteiger partial charge in [-0.05, 0) is 43.5 Å². The van der Waals surface area contributed by atoms with Gasteiger partial charge in [-0.15, -0.1) is 0 Å². The minimum absolute atomic E-state index is 0.0669. The molecule has 3 N–H and O–H groups in total. The molecule has 4 nitrogen and oxygen atoms in total. The Balaban J connectivity index is 2.66. The number of aryl methyl sites for hydroxylation is 1. The van der Waals surface area contributed by atoms with Gasteiger partial charge in [0.05, 0.1) is 6.54 Å². The zero-order valence-corrected chi connectivity index (χ0v) is 12.9. The number of amides is 1. The third-order valence-corrected chi connectivity index (χ3v) is 3.04. The standard InChI is InChI=1S/C16H27N3O/c1-13(2)11-18-16(20)12-19(9-5-8-17)15-7-4-6-14(3)10-15/h4,6-7,10,13H,5,8-9,11-12,17H2,1-3H3,(H,18,20). The van der Waals surface area contributed by atoms with Crippen molar-refractivity contribution in [1.82, 2.24) is 5.32 Å². The van der Waals surface area contributed by atoms with E-state index in [1.54, 1.807) is 0 Å². The van der Waals surface area contributed by atoms with Gasteiger partial charge in [0.1, 0.15) is 0 Å². The molecule has 0 spiro atoms. The van der Waals surface area contributed by atoms with Gasteiger partial charge in [0, 0.05) is 18.8 Å². The Morgan fingerprint density at radius 1 is 1.40 bits per heavy atom. The number of hydrogen-bond acceptors (Lipinski definition) is 3. The highest BCUT2D eigenvalue weighted by atomic mass is 16.2. The van der Waals surface area contributed by atoms with E-state index in [-0.39, 0.29) is 5.91 Å². The van der Waals surface area contributed by atoms with E-state index in [4.69, 9.17) is 5.73 Å². The van der Waals surface area contributed by atoms with Gasteiger partial charge < -0.3 is 16.0 Å². The summed E-state index contributed by atoms with van der Waals surface area (Å²) in [5.74, 6) is 0.535. The lowest BCUT2D eigenvalue weighted by atomic mass is 10.2. The lowest BCUT2D eigenvalue weighted by Gasteiger charge is -2.24. The second kappa shape index (κ2) is 8.59. The summed E-state index contributed by atoms with van der Waals surface area (Å²) in [4.78, 5) is 14.1. The summed E-state index contributed by atoms with van der Waals surface area (Å²) in [6.45, 7) is 8.78. The largest absolute Gasteiger partial charge is 0.362 e. The van der Waals surface area contributed by atoms with Crippen LogP contribution in [-0.4, -0.2) is 32.1 Å². The molecule has 0 aliphatic rings. The maximum Gasteiger partial charge on any atom is 0.239 e. The predicted molar refractivity (Wildman–Crippen MR) is 84.9 cm³/mol. The first-order chi connectivity index (χ1) is 9.52. The van der Waals surface area contributed by atoms with Crippen LogP contribution in [0, 0.1) is 12.8 Å². The molecule has 1 aromatic rings. The number of nitrogens with one attached hydrogen (secondary N) is 1. The molecule has 0 fully saturated rings. The van der Waals surface area contributed by atoms with E-state index in [0.717, 1.165) is 25.2 Å². The summed E-state index contributed by atoms with van der Waals surface area (Å²) in [5.41, 5.74) is 7.87. The molecule has 0 heterocycles. The zero-order valence-electron chi connectivity index (χ0n) is 12.9. The monoisotopic (exact) mass is 277 g/mol. The number of carbonyl (C=O) groups is 1. The molecule has 0 radical (unpaired) electrons. The highest BCUT2D eigenvalue weighted by molar-refractivity contribution is 5.81. The quantitative estimate of drug-likeness (QED) is 0.763. The molecule has 1 rings (SSSR count). The van der Waals surface area contributed by atoms with E-state index in [1.807, 2.05) is 12.1 Å². The van der Waals surface area contributed by atoms with Gasteiger partial charge in [-0.2, -0.15) is 0 Å². The molecule has 112 valence electrons. The summed E-state index contributed by atoms with van der Waals surface area (Å²) in [5, 5.41) is 2.96. The molecule has 0 aliphatic heterocycles. The minimum Gasteiger partial charge on any atom is -0.362 e. The van der Waals surface area contributed by atoms with Gasteiger partial charge in [0.2, 0.25) is 5.91 Å². The highest BCUT2D eigenvalue weighted by Crippen LogP contribution is 2.15. The average Bonchev–Trinajstić information content (AvgIpc) is 2.41. The average molecular weight is 277 g/mol. The first-order valence-electron chi connectivity index (χ1n) is 7.31. The molecular weight excluding hydrogens is 250 g/mol. The van der Waals surface area contributed by atoms with Crippen LogP contribution < -0.4 is 16.0 Å². The predicted octanol–water partition coefficient (Wildman–Crippen LogP) is 1.92. The second-order valence-corrected chi connectivity index (χ2v) is 5.60. The molecule has 0 unspecified atom stereocenters. The second-order valence-electron chi connectivity index (χ2n) is 5.60. The molecule has 0 saturated heterocycles. The van der Waals surface area contributed by atoms with Crippen molar-refractivity contribution in [3.05, 3.63) is 29.8 Å². The fraction of sp³-hybridized carbons (Fsp3) is 0.562. The van der Waals surface area contributed by atoms with Crippen molar-refractivity contribution in [3.63, 3.8) is 0 Å². The maximum absolute atomic E-state index is 12.0. The first-order valence-corrected chi connectivity index (χ1v) is 7.31. The molecule has 0 aliphatic carbocycles. The Morgan fingerprint density at radius 2 is 2.15 bits per heavy atom. The van der Waals surface area contributed by atoms with Crippen molar-refractivity contribution >= 4 is 11.6 Å². The van der Waals surface area contributed by atoms with E-state index in [1.165, 1.54) is 5.56 Å². The van der Waals surface area contributed by atoms with Crippen molar-refractivity contribution in [2.24, 2.45) is 11.7 Å². The highest BCUT2D eigenvalue weighted by Gasteiger charge is 2.11. The van der Waals surface area contributed by atoms with Gasteiger partial charge >= 0.3 is 0 Å². The van der Waals surface area contributed by atoms with Crippen LogP contribution in [0.15, 0.2) is 24.3 Å². The SMILES string of the molecule is Cc1cccc(N(CCCN)CC(=O)NCC(C)C)c1. The van der Waals surface area contributed by atoms with Crippen molar-refractivity contribution in [2.45, 2.75) is 27.2 Å². The van der Waals surface area contributed by atoms with Crippen LogP contribution in [0.2, 0.25) is 0 Å². The molecule has 0 saturated carbocycles. The molecule has 1 amide bonds. The third kappa shape index (κ3) is 6.06. The van der Waals surface area contributed by atoms with Crippen LogP contribution in [-0.2, 0) is 4.79 Å². The van der Waals surface area contributed by atoms with Gasteiger partial charge in [-0.1, -0.05) is 26.0 Å². The Labute approximate surface area is 122 Å². The lowest BCUT2D eigenvalue weighted by molar-refractivity contribution is -0.119. The van der Waals surface area contributed by atoms with Crippen molar-refractivity contribution < 1.29 is 4.79 Å². The minimum atomic E-state index is 0.0669. The Morgan fingerprint density at radius 3 is 2.75 bits per heavy atom. The Bertz CT molecular complexity index is 418. The van der Waals surface area contributed by atoms with Crippen LogP contribution >= 0.6 is 0 Å². The number of benzene rings is 1. The topological polar surface area (TPSA) is 58.4 Å². The molecule has 0 bridgehead atoms. The number of nitrogens with zero attached hydrogens (tertiary/aromatic N) is 1. The van der Waals surface area contributed by atoms with Crippen molar-refractivity contribution in [3.8, 4) is 0 Å². The van der Waals surface area contributed by atoms with Crippen LogP contribution in [0.4, 0.5) is 5.69 Å². The van der Waals surface area contributed by atoms with Gasteiger partial charge in [0.25, 0.3) is 0 Å².